The first-order chi connectivity index (χ1) is 7.56. The van der Waals surface area contributed by atoms with Gasteiger partial charge in [0.15, 0.2) is 0 Å². The highest BCUT2D eigenvalue weighted by atomic mass is 32.1. The summed E-state index contributed by atoms with van der Waals surface area (Å²) in [6.45, 7) is 3.73. The average Bonchev–Trinajstić information content (AvgIpc) is 2.74. The molecule has 5 heteroatoms. The van der Waals surface area contributed by atoms with Gasteiger partial charge in [-0.25, -0.2) is 4.98 Å². The van der Waals surface area contributed by atoms with Crippen LogP contribution in [0, 0.1) is 13.8 Å². The standard InChI is InChI=1S/C11H11NO3S/c1-6-3-4-9(16-6)11-12-8(5-10(13)14)7(2)15-11/h3-4H,5H2,1-2H3,(H,13,14). The highest BCUT2D eigenvalue weighted by Gasteiger charge is 2.14. The average molecular weight is 237 g/mol. The molecule has 2 aromatic rings. The Hall–Kier alpha value is -1.62. The number of carboxylic acids is 1. The van der Waals surface area contributed by atoms with E-state index in [1.165, 1.54) is 4.88 Å². The molecule has 2 rings (SSSR count). The first-order valence-electron chi connectivity index (χ1n) is 4.81. The van der Waals surface area contributed by atoms with Crippen molar-refractivity contribution in [3.63, 3.8) is 0 Å². The van der Waals surface area contributed by atoms with Gasteiger partial charge in [0.2, 0.25) is 5.89 Å². The number of rotatable bonds is 3. The lowest BCUT2D eigenvalue weighted by Crippen LogP contribution is -2.01. The van der Waals surface area contributed by atoms with Crippen molar-refractivity contribution in [2.45, 2.75) is 20.3 Å². The van der Waals surface area contributed by atoms with E-state index in [9.17, 15) is 4.79 Å². The third-order valence-corrected chi connectivity index (χ3v) is 3.15. The second-order valence-electron chi connectivity index (χ2n) is 3.50. The van der Waals surface area contributed by atoms with E-state index in [1.807, 2.05) is 19.1 Å². The van der Waals surface area contributed by atoms with E-state index in [4.69, 9.17) is 9.52 Å². The zero-order chi connectivity index (χ0) is 11.7. The molecule has 1 N–H and O–H groups in total. The van der Waals surface area contributed by atoms with Crippen molar-refractivity contribution in [2.24, 2.45) is 0 Å². The van der Waals surface area contributed by atoms with Gasteiger partial charge in [-0.1, -0.05) is 0 Å². The Morgan fingerprint density at radius 1 is 1.50 bits per heavy atom. The Bertz CT molecular complexity index is 527. The van der Waals surface area contributed by atoms with Gasteiger partial charge in [-0.05, 0) is 26.0 Å². The molecule has 2 heterocycles. The minimum Gasteiger partial charge on any atom is -0.481 e. The Morgan fingerprint density at radius 3 is 2.81 bits per heavy atom. The molecule has 4 nitrogen and oxygen atoms in total. The van der Waals surface area contributed by atoms with Crippen molar-refractivity contribution in [1.29, 1.82) is 0 Å². The zero-order valence-electron chi connectivity index (χ0n) is 8.98. The molecule has 0 fully saturated rings. The Morgan fingerprint density at radius 2 is 2.25 bits per heavy atom. The van der Waals surface area contributed by atoms with Crippen LogP contribution >= 0.6 is 11.3 Å². The zero-order valence-corrected chi connectivity index (χ0v) is 9.80. The minimum atomic E-state index is -0.898. The number of carbonyl (C=O) groups is 1. The van der Waals surface area contributed by atoms with Gasteiger partial charge in [-0.2, -0.15) is 0 Å². The number of thiophene rings is 1. The van der Waals surface area contributed by atoms with Crippen LogP contribution in [0.25, 0.3) is 10.8 Å². The molecule has 16 heavy (non-hydrogen) atoms. The first-order valence-corrected chi connectivity index (χ1v) is 5.63. The predicted molar refractivity (Wildman–Crippen MR) is 60.6 cm³/mol. The van der Waals surface area contributed by atoms with Crippen LogP contribution in [0.4, 0.5) is 0 Å². The van der Waals surface area contributed by atoms with Crippen molar-refractivity contribution >= 4 is 17.3 Å². The van der Waals surface area contributed by atoms with Gasteiger partial charge in [0.1, 0.15) is 5.76 Å². The van der Waals surface area contributed by atoms with Gasteiger partial charge in [-0.15, -0.1) is 11.3 Å². The molecule has 0 saturated heterocycles. The van der Waals surface area contributed by atoms with Crippen LogP contribution in [0.3, 0.4) is 0 Å². The number of hydrogen-bond acceptors (Lipinski definition) is 4. The fourth-order valence-electron chi connectivity index (χ4n) is 1.39. The molecule has 0 aliphatic carbocycles. The molecule has 0 radical (unpaired) electrons. The molecule has 0 unspecified atom stereocenters. The molecule has 0 bridgehead atoms. The quantitative estimate of drug-likeness (QED) is 0.891. The van der Waals surface area contributed by atoms with E-state index in [0.29, 0.717) is 17.3 Å². The molecule has 0 aliphatic rings. The molecular weight excluding hydrogens is 226 g/mol. The van der Waals surface area contributed by atoms with Crippen LogP contribution in [0.5, 0.6) is 0 Å². The van der Waals surface area contributed by atoms with Crippen LogP contribution in [0.15, 0.2) is 16.5 Å². The topological polar surface area (TPSA) is 63.3 Å². The Balaban J connectivity index is 2.33. The lowest BCUT2D eigenvalue weighted by atomic mass is 10.3. The van der Waals surface area contributed by atoms with E-state index in [-0.39, 0.29) is 6.42 Å². The normalized spacial score (nSPS) is 10.6. The van der Waals surface area contributed by atoms with E-state index >= 15 is 0 Å². The molecule has 0 spiro atoms. The maximum atomic E-state index is 10.6. The lowest BCUT2D eigenvalue weighted by molar-refractivity contribution is -0.136. The summed E-state index contributed by atoms with van der Waals surface area (Å²) in [7, 11) is 0. The van der Waals surface area contributed by atoms with Crippen molar-refractivity contribution in [1.82, 2.24) is 4.98 Å². The fraction of sp³-hybridized carbons (Fsp3) is 0.273. The van der Waals surface area contributed by atoms with Gasteiger partial charge >= 0.3 is 5.97 Å². The highest BCUT2D eigenvalue weighted by Crippen LogP contribution is 2.28. The summed E-state index contributed by atoms with van der Waals surface area (Å²) >= 11 is 1.58. The number of aliphatic carboxylic acids is 1. The Kier molecular flexibility index (Phi) is 2.78. The molecule has 0 atom stereocenters. The summed E-state index contributed by atoms with van der Waals surface area (Å²) < 4.78 is 5.45. The minimum absolute atomic E-state index is 0.0975. The van der Waals surface area contributed by atoms with Crippen molar-refractivity contribution in [3.8, 4) is 10.8 Å². The smallest absolute Gasteiger partial charge is 0.309 e. The molecular formula is C11H11NO3S. The van der Waals surface area contributed by atoms with Gasteiger partial charge in [0.05, 0.1) is 17.0 Å². The van der Waals surface area contributed by atoms with Crippen molar-refractivity contribution in [3.05, 3.63) is 28.5 Å². The number of oxazole rings is 1. The van der Waals surface area contributed by atoms with Crippen LogP contribution in [0.2, 0.25) is 0 Å². The van der Waals surface area contributed by atoms with E-state index in [1.54, 1.807) is 18.3 Å². The van der Waals surface area contributed by atoms with E-state index in [2.05, 4.69) is 4.98 Å². The number of nitrogens with zero attached hydrogens (tertiary/aromatic N) is 1. The molecule has 0 amide bonds. The molecule has 0 saturated carbocycles. The van der Waals surface area contributed by atoms with Crippen LogP contribution in [0.1, 0.15) is 16.3 Å². The number of hydrogen-bond donors (Lipinski definition) is 1. The first kappa shape index (κ1) is 10.9. The van der Waals surface area contributed by atoms with Crippen LogP contribution in [-0.4, -0.2) is 16.1 Å². The number of aryl methyl sites for hydroxylation is 2. The number of carboxylic acid groups (broad SMARTS) is 1. The summed E-state index contributed by atoms with van der Waals surface area (Å²) in [5, 5.41) is 8.70. The summed E-state index contributed by atoms with van der Waals surface area (Å²) in [5.74, 6) is 0.181. The van der Waals surface area contributed by atoms with E-state index < -0.39 is 5.97 Å². The summed E-state index contributed by atoms with van der Waals surface area (Å²) in [5.41, 5.74) is 0.494. The maximum absolute atomic E-state index is 10.6. The molecule has 0 aliphatic heterocycles. The van der Waals surface area contributed by atoms with Gasteiger partial charge in [0, 0.05) is 4.88 Å². The molecule has 2 aromatic heterocycles. The SMILES string of the molecule is Cc1ccc(-c2nc(CC(=O)O)c(C)o2)s1. The summed E-state index contributed by atoms with van der Waals surface area (Å²) in [4.78, 5) is 16.9. The predicted octanol–water partition coefficient (Wildman–Crippen LogP) is 2.65. The maximum Gasteiger partial charge on any atom is 0.309 e. The monoisotopic (exact) mass is 237 g/mol. The van der Waals surface area contributed by atoms with E-state index in [0.717, 1.165) is 4.88 Å². The van der Waals surface area contributed by atoms with Gasteiger partial charge in [0.25, 0.3) is 0 Å². The van der Waals surface area contributed by atoms with Crippen LogP contribution < -0.4 is 0 Å². The molecule has 0 aromatic carbocycles. The summed E-state index contributed by atoms with van der Waals surface area (Å²) in [6, 6.07) is 3.91. The lowest BCUT2D eigenvalue weighted by Gasteiger charge is -1.88. The number of aromatic nitrogens is 1. The third kappa shape index (κ3) is 2.14. The Labute approximate surface area is 96.6 Å². The third-order valence-electron chi connectivity index (χ3n) is 2.16. The largest absolute Gasteiger partial charge is 0.481 e. The molecule has 84 valence electrons. The second-order valence-corrected chi connectivity index (χ2v) is 4.79. The van der Waals surface area contributed by atoms with Gasteiger partial charge in [-0.3, -0.25) is 4.79 Å². The van der Waals surface area contributed by atoms with Gasteiger partial charge < -0.3 is 9.52 Å². The van der Waals surface area contributed by atoms with Crippen molar-refractivity contribution in [2.75, 3.05) is 0 Å². The summed E-state index contributed by atoms with van der Waals surface area (Å²) in [6.07, 6.45) is -0.0975. The second kappa shape index (κ2) is 4.09. The van der Waals surface area contributed by atoms with Crippen molar-refractivity contribution < 1.29 is 14.3 Å². The van der Waals surface area contributed by atoms with Crippen LogP contribution in [-0.2, 0) is 11.2 Å². The highest BCUT2D eigenvalue weighted by molar-refractivity contribution is 7.15. The fourth-order valence-corrected chi connectivity index (χ4v) is 2.18.